The predicted octanol–water partition coefficient (Wildman–Crippen LogP) is 0.997. The van der Waals surface area contributed by atoms with Crippen molar-refractivity contribution < 1.29 is 4.79 Å². The maximum atomic E-state index is 11.2. The zero-order valence-electron chi connectivity index (χ0n) is 8.85. The summed E-state index contributed by atoms with van der Waals surface area (Å²) in [6, 6.07) is 7.69. The molecule has 0 aliphatic heterocycles. The maximum absolute atomic E-state index is 11.2. The summed E-state index contributed by atoms with van der Waals surface area (Å²) in [7, 11) is 0. The smallest absolute Gasteiger partial charge is 0.230 e. The lowest BCUT2D eigenvalue weighted by Gasteiger charge is -2.03. The summed E-state index contributed by atoms with van der Waals surface area (Å²) in [5.41, 5.74) is 0.965. The van der Waals surface area contributed by atoms with Crippen LogP contribution in [0.5, 0.6) is 0 Å². The van der Waals surface area contributed by atoms with E-state index in [0.29, 0.717) is 18.1 Å². The number of hydrogen-bond acceptors (Lipinski definition) is 4. The van der Waals surface area contributed by atoms with E-state index in [9.17, 15) is 4.79 Å². The Labute approximate surface area is 99.1 Å². The minimum atomic E-state index is -0.0313. The van der Waals surface area contributed by atoms with Gasteiger partial charge in [-0.1, -0.05) is 6.07 Å². The van der Waals surface area contributed by atoms with Crippen molar-refractivity contribution >= 4 is 17.7 Å². The lowest BCUT2D eigenvalue weighted by atomic mass is 10.3. The summed E-state index contributed by atoms with van der Waals surface area (Å²) in [5.74, 6) is 0.667. The van der Waals surface area contributed by atoms with Crippen LogP contribution in [0.4, 0.5) is 0 Å². The topological polar surface area (TPSA) is 65.8 Å². The Morgan fingerprint density at radius 3 is 3.12 bits per heavy atom. The van der Waals surface area contributed by atoms with Crippen LogP contribution in [-0.2, 0) is 11.2 Å². The molecule has 0 fully saturated rings. The number of nitrogens with zero attached hydrogens (tertiary/aromatic N) is 2. The molecular formula is C11H13N3OS. The Bertz CT molecular complexity index is 361. The fourth-order valence-electron chi connectivity index (χ4n) is 1.12. The number of carbonyl (C=O) groups excluding carboxylic acids is 1. The number of amides is 1. The molecule has 0 bridgehead atoms. The second kappa shape index (κ2) is 7.71. The van der Waals surface area contributed by atoms with Gasteiger partial charge in [0, 0.05) is 24.9 Å². The molecule has 84 valence electrons. The molecule has 0 aromatic carbocycles. The lowest BCUT2D eigenvalue weighted by Crippen LogP contribution is -2.27. The van der Waals surface area contributed by atoms with Crippen molar-refractivity contribution in [3.63, 3.8) is 0 Å². The van der Waals surface area contributed by atoms with Gasteiger partial charge in [-0.3, -0.25) is 9.78 Å². The molecule has 4 nitrogen and oxygen atoms in total. The molecule has 1 rings (SSSR count). The Morgan fingerprint density at radius 1 is 1.56 bits per heavy atom. The number of thioether (sulfide) groups is 1. The van der Waals surface area contributed by atoms with Crippen molar-refractivity contribution in [2.24, 2.45) is 0 Å². The summed E-state index contributed by atoms with van der Waals surface area (Å²) >= 11 is 1.32. The van der Waals surface area contributed by atoms with E-state index in [2.05, 4.69) is 10.3 Å². The number of carbonyl (C=O) groups is 1. The first-order chi connectivity index (χ1) is 7.83. The summed E-state index contributed by atoms with van der Waals surface area (Å²) in [6.07, 6.45) is 2.47. The van der Waals surface area contributed by atoms with Crippen molar-refractivity contribution in [1.82, 2.24) is 10.3 Å². The Kier molecular flexibility index (Phi) is 6.04. The first-order valence-corrected chi connectivity index (χ1v) is 6.09. The van der Waals surface area contributed by atoms with Crippen molar-refractivity contribution in [3.05, 3.63) is 30.1 Å². The van der Waals surface area contributed by atoms with Gasteiger partial charge in [0.05, 0.1) is 17.6 Å². The van der Waals surface area contributed by atoms with Gasteiger partial charge in [0.15, 0.2) is 0 Å². The molecule has 0 saturated heterocycles. The maximum Gasteiger partial charge on any atom is 0.230 e. The Balaban J connectivity index is 2.12. The van der Waals surface area contributed by atoms with Crippen LogP contribution in [0.15, 0.2) is 24.4 Å². The number of nitrogens with one attached hydrogen (secondary N) is 1. The number of aromatic nitrogens is 1. The lowest BCUT2D eigenvalue weighted by molar-refractivity contribution is -0.118. The van der Waals surface area contributed by atoms with Gasteiger partial charge in [-0.15, -0.1) is 11.8 Å². The summed E-state index contributed by atoms with van der Waals surface area (Å²) < 4.78 is 0. The van der Waals surface area contributed by atoms with E-state index < -0.39 is 0 Å². The van der Waals surface area contributed by atoms with Crippen LogP contribution in [-0.4, -0.2) is 28.9 Å². The molecule has 0 aliphatic rings. The number of rotatable bonds is 6. The van der Waals surface area contributed by atoms with E-state index >= 15 is 0 Å². The van der Waals surface area contributed by atoms with E-state index in [1.165, 1.54) is 11.8 Å². The molecule has 16 heavy (non-hydrogen) atoms. The molecule has 5 heteroatoms. The van der Waals surface area contributed by atoms with Gasteiger partial charge in [-0.2, -0.15) is 5.26 Å². The Morgan fingerprint density at radius 2 is 2.44 bits per heavy atom. The summed E-state index contributed by atoms with van der Waals surface area (Å²) in [5, 5.41) is 11.1. The van der Waals surface area contributed by atoms with E-state index in [1.807, 2.05) is 24.3 Å². The minimum absolute atomic E-state index is 0.0313. The minimum Gasteiger partial charge on any atom is -0.355 e. The third-order valence-electron chi connectivity index (χ3n) is 1.83. The molecule has 0 spiro atoms. The molecule has 0 aliphatic carbocycles. The predicted molar refractivity (Wildman–Crippen MR) is 63.9 cm³/mol. The monoisotopic (exact) mass is 235 g/mol. The fraction of sp³-hybridized carbons (Fsp3) is 0.364. The molecule has 0 atom stereocenters. The summed E-state index contributed by atoms with van der Waals surface area (Å²) in [4.78, 5) is 15.4. The van der Waals surface area contributed by atoms with Crippen LogP contribution in [0.2, 0.25) is 0 Å². The van der Waals surface area contributed by atoms with Crippen LogP contribution in [0.1, 0.15) is 5.69 Å². The highest BCUT2D eigenvalue weighted by Gasteiger charge is 2.00. The van der Waals surface area contributed by atoms with E-state index in [4.69, 9.17) is 5.26 Å². The molecule has 1 N–H and O–H groups in total. The second-order valence-electron chi connectivity index (χ2n) is 3.07. The van der Waals surface area contributed by atoms with E-state index in [-0.39, 0.29) is 5.91 Å². The highest BCUT2D eigenvalue weighted by atomic mass is 32.2. The first kappa shape index (κ1) is 12.5. The van der Waals surface area contributed by atoms with Gasteiger partial charge in [-0.25, -0.2) is 0 Å². The molecule has 1 heterocycles. The Hall–Kier alpha value is -1.54. The SMILES string of the molecule is N#CCSCC(=O)NCCc1ccccn1. The average Bonchev–Trinajstić information content (AvgIpc) is 2.31. The number of pyridine rings is 1. The first-order valence-electron chi connectivity index (χ1n) is 4.94. The van der Waals surface area contributed by atoms with Gasteiger partial charge < -0.3 is 5.32 Å². The molecule has 0 radical (unpaired) electrons. The zero-order valence-corrected chi connectivity index (χ0v) is 9.67. The number of nitriles is 1. The van der Waals surface area contributed by atoms with Crippen LogP contribution in [0.25, 0.3) is 0 Å². The van der Waals surface area contributed by atoms with Gasteiger partial charge in [0.2, 0.25) is 5.91 Å². The largest absolute Gasteiger partial charge is 0.355 e. The van der Waals surface area contributed by atoms with Crippen LogP contribution < -0.4 is 5.32 Å². The second-order valence-corrected chi connectivity index (χ2v) is 4.06. The standard InChI is InChI=1S/C11H13N3OS/c12-5-8-16-9-11(15)14-7-4-10-3-1-2-6-13-10/h1-3,6H,4,7-9H2,(H,14,15). The molecule has 0 unspecified atom stereocenters. The van der Waals surface area contributed by atoms with Gasteiger partial charge in [0.1, 0.15) is 0 Å². The molecular weight excluding hydrogens is 222 g/mol. The molecule has 1 aromatic rings. The van der Waals surface area contributed by atoms with Gasteiger partial charge in [-0.05, 0) is 12.1 Å². The number of hydrogen-bond donors (Lipinski definition) is 1. The molecule has 0 saturated carbocycles. The van der Waals surface area contributed by atoms with Crippen LogP contribution >= 0.6 is 11.8 Å². The van der Waals surface area contributed by atoms with Gasteiger partial charge in [0.25, 0.3) is 0 Å². The third-order valence-corrected chi connectivity index (χ3v) is 2.63. The van der Waals surface area contributed by atoms with Crippen molar-refractivity contribution in [1.29, 1.82) is 5.26 Å². The van der Waals surface area contributed by atoms with Crippen molar-refractivity contribution in [3.8, 4) is 6.07 Å². The quantitative estimate of drug-likeness (QED) is 0.747. The fourth-order valence-corrected chi connectivity index (χ4v) is 1.60. The van der Waals surface area contributed by atoms with Crippen LogP contribution in [0, 0.1) is 11.3 Å². The van der Waals surface area contributed by atoms with E-state index in [1.54, 1.807) is 6.20 Å². The molecule has 1 amide bonds. The van der Waals surface area contributed by atoms with Crippen LogP contribution in [0.3, 0.4) is 0 Å². The zero-order chi connectivity index (χ0) is 11.6. The third kappa shape index (κ3) is 5.37. The van der Waals surface area contributed by atoms with Gasteiger partial charge >= 0.3 is 0 Å². The van der Waals surface area contributed by atoms with Crippen molar-refractivity contribution in [2.75, 3.05) is 18.1 Å². The van der Waals surface area contributed by atoms with E-state index in [0.717, 1.165) is 12.1 Å². The van der Waals surface area contributed by atoms with Crippen molar-refractivity contribution in [2.45, 2.75) is 6.42 Å². The highest BCUT2D eigenvalue weighted by Crippen LogP contribution is 1.97. The average molecular weight is 235 g/mol. The summed E-state index contributed by atoms with van der Waals surface area (Å²) in [6.45, 7) is 0.586. The molecule has 1 aromatic heterocycles. The normalized spacial score (nSPS) is 9.44. The highest BCUT2D eigenvalue weighted by molar-refractivity contribution is 8.00.